The maximum atomic E-state index is 12.5. The smallest absolute Gasteiger partial charge is 0.251 e. The molecular formula is C27H28N2O. The van der Waals surface area contributed by atoms with E-state index in [-0.39, 0.29) is 5.91 Å². The van der Waals surface area contributed by atoms with Gasteiger partial charge in [0.1, 0.15) is 0 Å². The van der Waals surface area contributed by atoms with Crippen LogP contribution in [0, 0.1) is 6.92 Å². The van der Waals surface area contributed by atoms with Crippen LogP contribution in [-0.4, -0.2) is 23.9 Å². The molecule has 3 nitrogen and oxygen atoms in total. The molecule has 0 atom stereocenters. The first kappa shape index (κ1) is 20.1. The van der Waals surface area contributed by atoms with Crippen LogP contribution < -0.4 is 5.32 Å². The molecule has 3 heteroatoms. The Kier molecular flexibility index (Phi) is 6.41. The first-order valence-electron chi connectivity index (χ1n) is 10.6. The molecule has 4 rings (SSSR count). The van der Waals surface area contributed by atoms with Crippen LogP contribution in [0.3, 0.4) is 0 Å². The lowest BCUT2D eigenvalue weighted by Gasteiger charge is -2.26. The van der Waals surface area contributed by atoms with Gasteiger partial charge in [-0.2, -0.15) is 0 Å². The molecule has 1 amide bonds. The molecular weight excluding hydrogens is 368 g/mol. The lowest BCUT2D eigenvalue weighted by Crippen LogP contribution is -2.28. The van der Waals surface area contributed by atoms with Gasteiger partial charge in [-0.1, -0.05) is 72.8 Å². The van der Waals surface area contributed by atoms with E-state index in [0.29, 0.717) is 6.54 Å². The highest BCUT2D eigenvalue weighted by molar-refractivity contribution is 5.95. The average molecular weight is 397 g/mol. The SMILES string of the molecule is Cc1ccccc1C(=O)NCc1cccc(C2=CCN(Cc3ccccc3)CC2)c1. The van der Waals surface area contributed by atoms with Crippen LogP contribution in [-0.2, 0) is 13.1 Å². The summed E-state index contributed by atoms with van der Waals surface area (Å²) in [5, 5.41) is 3.05. The van der Waals surface area contributed by atoms with Gasteiger partial charge in [-0.25, -0.2) is 0 Å². The molecule has 0 unspecified atom stereocenters. The predicted molar refractivity (Wildman–Crippen MR) is 123 cm³/mol. The van der Waals surface area contributed by atoms with Crippen molar-refractivity contribution in [2.45, 2.75) is 26.4 Å². The van der Waals surface area contributed by atoms with Crippen LogP contribution >= 0.6 is 0 Å². The third kappa shape index (κ3) is 5.05. The molecule has 30 heavy (non-hydrogen) atoms. The second-order valence-corrected chi connectivity index (χ2v) is 7.90. The third-order valence-electron chi connectivity index (χ3n) is 5.68. The summed E-state index contributed by atoms with van der Waals surface area (Å²) in [5.41, 5.74) is 6.88. The second-order valence-electron chi connectivity index (χ2n) is 7.90. The highest BCUT2D eigenvalue weighted by Crippen LogP contribution is 2.24. The van der Waals surface area contributed by atoms with Crippen LogP contribution in [0.2, 0.25) is 0 Å². The first-order valence-corrected chi connectivity index (χ1v) is 10.6. The van der Waals surface area contributed by atoms with Crippen molar-refractivity contribution in [1.82, 2.24) is 10.2 Å². The molecule has 0 saturated carbocycles. The Morgan fingerprint density at radius 1 is 0.933 bits per heavy atom. The Bertz CT molecular complexity index is 1040. The summed E-state index contributed by atoms with van der Waals surface area (Å²) in [4.78, 5) is 15.0. The van der Waals surface area contributed by atoms with Crippen LogP contribution in [0.1, 0.15) is 39.0 Å². The summed E-state index contributed by atoms with van der Waals surface area (Å²) < 4.78 is 0. The van der Waals surface area contributed by atoms with E-state index in [1.165, 1.54) is 16.7 Å². The summed E-state index contributed by atoms with van der Waals surface area (Å²) >= 11 is 0. The Morgan fingerprint density at radius 3 is 2.47 bits per heavy atom. The topological polar surface area (TPSA) is 32.3 Å². The van der Waals surface area contributed by atoms with Gasteiger partial charge in [0.15, 0.2) is 0 Å². The Labute approximate surface area is 179 Å². The number of carbonyl (C=O) groups excluding carboxylic acids is 1. The monoisotopic (exact) mass is 396 g/mol. The van der Waals surface area contributed by atoms with Crippen molar-refractivity contribution in [1.29, 1.82) is 0 Å². The summed E-state index contributed by atoms with van der Waals surface area (Å²) in [5.74, 6) is -0.0214. The fourth-order valence-electron chi connectivity index (χ4n) is 3.94. The van der Waals surface area contributed by atoms with Crippen molar-refractivity contribution in [3.63, 3.8) is 0 Å². The largest absolute Gasteiger partial charge is 0.348 e. The minimum atomic E-state index is -0.0214. The standard InChI is InChI=1S/C27H28N2O/c1-21-8-5-6-13-26(21)27(30)28-19-23-11-7-12-25(18-23)24-14-16-29(17-15-24)20-22-9-3-2-4-10-22/h2-14,18H,15-17,19-20H2,1H3,(H,28,30). The minimum absolute atomic E-state index is 0.0214. The van der Waals surface area contributed by atoms with Gasteiger partial charge in [0.25, 0.3) is 5.91 Å². The number of nitrogens with zero attached hydrogens (tertiary/aromatic N) is 1. The molecule has 152 valence electrons. The minimum Gasteiger partial charge on any atom is -0.348 e. The van der Waals surface area contributed by atoms with Crippen molar-refractivity contribution in [3.8, 4) is 0 Å². The Balaban J connectivity index is 1.36. The van der Waals surface area contributed by atoms with Crippen molar-refractivity contribution in [3.05, 3.63) is 113 Å². The van der Waals surface area contributed by atoms with E-state index in [4.69, 9.17) is 0 Å². The molecule has 0 aliphatic carbocycles. The fourth-order valence-corrected chi connectivity index (χ4v) is 3.94. The van der Waals surface area contributed by atoms with Gasteiger partial charge < -0.3 is 5.32 Å². The summed E-state index contributed by atoms with van der Waals surface area (Å²) in [6.45, 7) is 5.53. The maximum absolute atomic E-state index is 12.5. The maximum Gasteiger partial charge on any atom is 0.251 e. The molecule has 3 aromatic rings. The molecule has 1 N–H and O–H groups in total. The number of hydrogen-bond donors (Lipinski definition) is 1. The summed E-state index contributed by atoms with van der Waals surface area (Å²) in [6.07, 6.45) is 3.39. The van der Waals surface area contributed by atoms with Crippen LogP contribution in [0.5, 0.6) is 0 Å². The molecule has 3 aromatic carbocycles. The third-order valence-corrected chi connectivity index (χ3v) is 5.68. The second kappa shape index (κ2) is 9.55. The number of nitrogens with one attached hydrogen (secondary N) is 1. The van der Waals surface area contributed by atoms with Gasteiger partial charge >= 0.3 is 0 Å². The predicted octanol–water partition coefficient (Wildman–Crippen LogP) is 5.21. The Hall–Kier alpha value is -3.17. The average Bonchev–Trinajstić information content (AvgIpc) is 2.79. The molecule has 1 aliphatic heterocycles. The highest BCUT2D eigenvalue weighted by Gasteiger charge is 2.14. The van der Waals surface area contributed by atoms with Crippen molar-refractivity contribution >= 4 is 11.5 Å². The van der Waals surface area contributed by atoms with Gasteiger partial charge in [-0.05, 0) is 53.3 Å². The molecule has 0 aromatic heterocycles. The van der Waals surface area contributed by atoms with E-state index < -0.39 is 0 Å². The van der Waals surface area contributed by atoms with E-state index in [1.54, 1.807) is 0 Å². The zero-order valence-corrected chi connectivity index (χ0v) is 17.5. The van der Waals surface area contributed by atoms with Gasteiger partial charge in [-0.3, -0.25) is 9.69 Å². The lowest BCUT2D eigenvalue weighted by molar-refractivity contribution is 0.0950. The van der Waals surface area contributed by atoms with E-state index in [0.717, 1.165) is 42.7 Å². The van der Waals surface area contributed by atoms with E-state index >= 15 is 0 Å². The Morgan fingerprint density at radius 2 is 1.70 bits per heavy atom. The lowest BCUT2D eigenvalue weighted by atomic mass is 9.97. The van der Waals surface area contributed by atoms with Crippen molar-refractivity contribution in [2.75, 3.05) is 13.1 Å². The molecule has 0 spiro atoms. The molecule has 1 aliphatic rings. The molecule has 0 saturated heterocycles. The number of hydrogen-bond acceptors (Lipinski definition) is 2. The number of rotatable bonds is 6. The quantitative estimate of drug-likeness (QED) is 0.620. The molecule has 0 radical (unpaired) electrons. The van der Waals surface area contributed by atoms with Crippen LogP contribution in [0.15, 0.2) is 84.9 Å². The zero-order valence-electron chi connectivity index (χ0n) is 17.5. The summed E-state index contributed by atoms with van der Waals surface area (Å²) in [6, 6.07) is 26.9. The normalized spacial score (nSPS) is 14.2. The molecule has 1 heterocycles. The fraction of sp³-hybridized carbons (Fsp3) is 0.222. The number of benzene rings is 3. The van der Waals surface area contributed by atoms with Gasteiger partial charge in [0.2, 0.25) is 0 Å². The van der Waals surface area contributed by atoms with Crippen molar-refractivity contribution < 1.29 is 4.79 Å². The van der Waals surface area contributed by atoms with E-state index in [1.807, 2.05) is 31.2 Å². The van der Waals surface area contributed by atoms with E-state index in [9.17, 15) is 4.79 Å². The number of aryl methyl sites for hydroxylation is 1. The molecule has 0 fully saturated rings. The highest BCUT2D eigenvalue weighted by atomic mass is 16.1. The van der Waals surface area contributed by atoms with Gasteiger partial charge in [0.05, 0.1) is 0 Å². The van der Waals surface area contributed by atoms with E-state index in [2.05, 4.69) is 70.9 Å². The molecule has 0 bridgehead atoms. The van der Waals surface area contributed by atoms with Gasteiger partial charge in [-0.15, -0.1) is 0 Å². The number of carbonyl (C=O) groups is 1. The number of amides is 1. The first-order chi connectivity index (χ1) is 14.7. The van der Waals surface area contributed by atoms with Crippen molar-refractivity contribution in [2.24, 2.45) is 0 Å². The van der Waals surface area contributed by atoms with Crippen LogP contribution in [0.25, 0.3) is 5.57 Å². The van der Waals surface area contributed by atoms with Gasteiger partial charge in [0, 0.05) is 31.7 Å². The zero-order chi connectivity index (χ0) is 20.8. The summed E-state index contributed by atoms with van der Waals surface area (Å²) in [7, 11) is 0. The van der Waals surface area contributed by atoms with Crippen LogP contribution in [0.4, 0.5) is 0 Å².